The summed E-state index contributed by atoms with van der Waals surface area (Å²) >= 11 is 6.11. The molecule has 2 aromatic heterocycles. The summed E-state index contributed by atoms with van der Waals surface area (Å²) in [5.74, 6) is -0.378. The molecule has 1 amide bonds. The number of rotatable bonds is 4. The van der Waals surface area contributed by atoms with Crippen molar-refractivity contribution < 1.29 is 9.59 Å². The van der Waals surface area contributed by atoms with Gasteiger partial charge >= 0.3 is 0 Å². The van der Waals surface area contributed by atoms with Gasteiger partial charge in [-0.05, 0) is 37.3 Å². The lowest BCUT2D eigenvalue weighted by molar-refractivity contribution is -0.111. The number of nitrogens with one attached hydrogen (secondary N) is 1. The fourth-order valence-electron chi connectivity index (χ4n) is 2.29. The molecule has 6 heteroatoms. The molecular formula is C18H14ClN3O2. The quantitative estimate of drug-likeness (QED) is 0.580. The predicted molar refractivity (Wildman–Crippen MR) is 94.3 cm³/mol. The van der Waals surface area contributed by atoms with Crippen LogP contribution in [0.5, 0.6) is 0 Å². The highest BCUT2D eigenvalue weighted by atomic mass is 35.5. The molecule has 5 nitrogen and oxygen atoms in total. The first-order chi connectivity index (χ1) is 11.5. The molecule has 0 aliphatic heterocycles. The summed E-state index contributed by atoms with van der Waals surface area (Å²) in [6.45, 7) is 1.48. The average Bonchev–Trinajstić information content (AvgIpc) is 2.88. The van der Waals surface area contributed by atoms with E-state index in [9.17, 15) is 9.59 Å². The van der Waals surface area contributed by atoms with Crippen LogP contribution < -0.4 is 5.32 Å². The number of aromatic nitrogens is 2. The molecular weight excluding hydrogens is 326 g/mol. The first-order valence-electron chi connectivity index (χ1n) is 7.27. The number of halogens is 1. The highest BCUT2D eigenvalue weighted by Gasteiger charge is 2.07. The van der Waals surface area contributed by atoms with E-state index in [1.807, 2.05) is 24.4 Å². The Morgan fingerprint density at radius 1 is 1.21 bits per heavy atom. The van der Waals surface area contributed by atoms with Crippen molar-refractivity contribution in [1.29, 1.82) is 0 Å². The molecule has 24 heavy (non-hydrogen) atoms. The zero-order valence-corrected chi connectivity index (χ0v) is 13.6. The van der Waals surface area contributed by atoms with Gasteiger partial charge in [0.2, 0.25) is 5.91 Å². The molecule has 0 unspecified atom stereocenters. The largest absolute Gasteiger partial charge is 0.322 e. The van der Waals surface area contributed by atoms with Crippen LogP contribution in [0.1, 0.15) is 23.0 Å². The van der Waals surface area contributed by atoms with Gasteiger partial charge in [0, 0.05) is 23.5 Å². The van der Waals surface area contributed by atoms with Crippen molar-refractivity contribution >= 4 is 40.7 Å². The fourth-order valence-corrected chi connectivity index (χ4v) is 2.53. The Hall–Kier alpha value is -2.92. The molecule has 3 rings (SSSR count). The monoisotopic (exact) mass is 339 g/mol. The maximum absolute atomic E-state index is 12.1. The third kappa shape index (κ3) is 3.36. The van der Waals surface area contributed by atoms with Crippen molar-refractivity contribution in [3.05, 3.63) is 71.1 Å². The van der Waals surface area contributed by atoms with Crippen LogP contribution in [-0.2, 0) is 4.79 Å². The minimum Gasteiger partial charge on any atom is -0.322 e. The highest BCUT2D eigenvalue weighted by Crippen LogP contribution is 2.19. The minimum atomic E-state index is -0.322. The Morgan fingerprint density at radius 2 is 2.04 bits per heavy atom. The van der Waals surface area contributed by atoms with Crippen LogP contribution in [-0.4, -0.2) is 21.1 Å². The van der Waals surface area contributed by atoms with Crippen molar-refractivity contribution in [2.75, 3.05) is 5.32 Å². The third-order valence-electron chi connectivity index (χ3n) is 3.45. The summed E-state index contributed by atoms with van der Waals surface area (Å²) in [6.07, 6.45) is 4.80. The summed E-state index contributed by atoms with van der Waals surface area (Å²) in [5, 5.41) is 3.04. The maximum Gasteiger partial charge on any atom is 0.248 e. The number of nitrogens with zero attached hydrogens (tertiary/aromatic N) is 2. The number of benzene rings is 1. The average molecular weight is 340 g/mol. The lowest BCUT2D eigenvalue weighted by Crippen LogP contribution is -2.08. The smallest absolute Gasteiger partial charge is 0.248 e. The van der Waals surface area contributed by atoms with Crippen molar-refractivity contribution in [3.8, 4) is 0 Å². The van der Waals surface area contributed by atoms with Crippen molar-refractivity contribution in [2.24, 2.45) is 0 Å². The number of anilines is 1. The van der Waals surface area contributed by atoms with E-state index in [2.05, 4.69) is 10.3 Å². The molecule has 1 aromatic carbocycles. The van der Waals surface area contributed by atoms with E-state index in [0.29, 0.717) is 27.7 Å². The normalized spacial score (nSPS) is 11.1. The molecule has 0 saturated carbocycles. The van der Waals surface area contributed by atoms with Gasteiger partial charge in [-0.3, -0.25) is 14.0 Å². The topological polar surface area (TPSA) is 63.5 Å². The molecule has 0 saturated heterocycles. The Balaban J connectivity index is 1.79. The maximum atomic E-state index is 12.1. The second-order valence-corrected chi connectivity index (χ2v) is 5.53. The number of ketones is 1. The second-order valence-electron chi connectivity index (χ2n) is 5.18. The van der Waals surface area contributed by atoms with Crippen molar-refractivity contribution in [1.82, 2.24) is 9.38 Å². The molecule has 3 aromatic rings. The van der Waals surface area contributed by atoms with Gasteiger partial charge in [0.1, 0.15) is 5.65 Å². The number of fused-ring (bicyclic) bond motifs is 1. The van der Waals surface area contributed by atoms with Gasteiger partial charge in [-0.15, -0.1) is 0 Å². The van der Waals surface area contributed by atoms with E-state index in [-0.39, 0.29) is 11.7 Å². The Kier molecular flexibility index (Phi) is 4.44. The molecule has 120 valence electrons. The predicted octanol–water partition coefficient (Wildman–Crippen LogP) is 3.84. The van der Waals surface area contributed by atoms with Gasteiger partial charge in [0.05, 0.1) is 5.69 Å². The van der Waals surface area contributed by atoms with Gasteiger partial charge in [-0.1, -0.05) is 29.8 Å². The van der Waals surface area contributed by atoms with Crippen LogP contribution in [0.25, 0.3) is 11.7 Å². The highest BCUT2D eigenvalue weighted by molar-refractivity contribution is 6.31. The second kappa shape index (κ2) is 6.68. The SMILES string of the molecule is CC(=O)c1cccc(NC(=O)C=Cc2c(Cl)nc3ccccn23)c1. The number of hydrogen-bond acceptors (Lipinski definition) is 3. The Labute approximate surface area is 143 Å². The molecule has 0 bridgehead atoms. The van der Waals surface area contributed by atoms with Crippen LogP contribution in [0.4, 0.5) is 5.69 Å². The first kappa shape index (κ1) is 16.0. The molecule has 0 spiro atoms. The van der Waals surface area contributed by atoms with Gasteiger partial charge in [-0.25, -0.2) is 4.98 Å². The standard InChI is InChI=1S/C18H14ClN3O2/c1-12(23)13-5-4-6-14(11-13)20-17(24)9-8-15-18(19)21-16-7-2-3-10-22(15)16/h2-11H,1H3,(H,20,24). The lowest BCUT2D eigenvalue weighted by Gasteiger charge is -2.03. The fraction of sp³-hybridized carbons (Fsp3) is 0.0556. The third-order valence-corrected chi connectivity index (χ3v) is 3.73. The lowest BCUT2D eigenvalue weighted by atomic mass is 10.1. The van der Waals surface area contributed by atoms with E-state index in [4.69, 9.17) is 11.6 Å². The van der Waals surface area contributed by atoms with Crippen LogP contribution in [0.15, 0.2) is 54.7 Å². The van der Waals surface area contributed by atoms with E-state index in [1.165, 1.54) is 13.0 Å². The van der Waals surface area contributed by atoms with Crippen LogP contribution in [0.3, 0.4) is 0 Å². The Bertz CT molecular complexity index is 960. The Morgan fingerprint density at radius 3 is 2.83 bits per heavy atom. The van der Waals surface area contributed by atoms with Gasteiger partial charge in [-0.2, -0.15) is 0 Å². The van der Waals surface area contributed by atoms with Crippen molar-refractivity contribution in [2.45, 2.75) is 6.92 Å². The van der Waals surface area contributed by atoms with Gasteiger partial charge in [0.15, 0.2) is 10.9 Å². The summed E-state index contributed by atoms with van der Waals surface area (Å²) in [5.41, 5.74) is 2.43. The molecule has 2 heterocycles. The molecule has 0 atom stereocenters. The van der Waals surface area contributed by atoms with Crippen LogP contribution in [0, 0.1) is 0 Å². The summed E-state index contributed by atoms with van der Waals surface area (Å²) in [7, 11) is 0. The number of imidazole rings is 1. The number of carbonyl (C=O) groups is 2. The molecule has 1 N–H and O–H groups in total. The number of hydrogen-bond donors (Lipinski definition) is 1. The minimum absolute atomic E-state index is 0.0563. The van der Waals surface area contributed by atoms with E-state index >= 15 is 0 Å². The van der Waals surface area contributed by atoms with Crippen LogP contribution in [0.2, 0.25) is 5.15 Å². The molecule has 0 aliphatic carbocycles. The number of pyridine rings is 1. The summed E-state index contributed by atoms with van der Waals surface area (Å²) < 4.78 is 1.79. The number of amides is 1. The number of Topliss-reactive ketones (excluding diaryl/α,β-unsaturated/α-hetero) is 1. The first-order valence-corrected chi connectivity index (χ1v) is 7.65. The summed E-state index contributed by atoms with van der Waals surface area (Å²) in [4.78, 5) is 27.7. The zero-order valence-electron chi connectivity index (χ0n) is 12.9. The summed E-state index contributed by atoms with van der Waals surface area (Å²) in [6, 6.07) is 12.3. The van der Waals surface area contributed by atoms with Crippen molar-refractivity contribution in [3.63, 3.8) is 0 Å². The van der Waals surface area contributed by atoms with Crippen LogP contribution >= 0.6 is 11.6 Å². The van der Waals surface area contributed by atoms with E-state index < -0.39 is 0 Å². The molecule has 0 fully saturated rings. The van der Waals surface area contributed by atoms with Gasteiger partial charge < -0.3 is 5.32 Å². The van der Waals surface area contributed by atoms with E-state index in [0.717, 1.165) is 0 Å². The molecule has 0 aliphatic rings. The van der Waals surface area contributed by atoms with Gasteiger partial charge in [0.25, 0.3) is 0 Å². The zero-order chi connectivity index (χ0) is 17.1. The number of carbonyl (C=O) groups excluding carboxylic acids is 2. The molecule has 0 radical (unpaired) electrons. The van der Waals surface area contributed by atoms with E-state index in [1.54, 1.807) is 34.7 Å².